The van der Waals surface area contributed by atoms with E-state index in [2.05, 4.69) is 59.9 Å². The average molecular weight is 291 g/mol. The van der Waals surface area contributed by atoms with Gasteiger partial charge >= 0.3 is 0 Å². The summed E-state index contributed by atoms with van der Waals surface area (Å²) in [6, 6.07) is 0. The fraction of sp³-hybridized carbons (Fsp3) is 0.818. The maximum atomic E-state index is 4.63. The lowest BCUT2D eigenvalue weighted by Gasteiger charge is -2.14. The summed E-state index contributed by atoms with van der Waals surface area (Å²) < 4.78 is 4.43. The predicted octanol–water partition coefficient (Wildman–Crippen LogP) is 4.11. The van der Waals surface area contributed by atoms with Gasteiger partial charge in [-0.05, 0) is 18.0 Å². The van der Waals surface area contributed by atoms with Crippen molar-refractivity contribution in [3.8, 4) is 0 Å². The molecule has 0 bridgehead atoms. The minimum Gasteiger partial charge on any atom is -0.224 e. The Morgan fingerprint density at radius 1 is 1.40 bits per heavy atom. The molecular weight excluding hydrogens is 272 g/mol. The average Bonchev–Trinajstić information content (AvgIpc) is 2.63. The fourth-order valence-electron chi connectivity index (χ4n) is 1.23. The number of alkyl halides is 1. The number of halogens is 1. The molecule has 0 fully saturated rings. The lowest BCUT2D eigenvalue weighted by molar-refractivity contribution is 0.549. The number of rotatable bonds is 3. The van der Waals surface area contributed by atoms with Gasteiger partial charge in [0.25, 0.3) is 0 Å². The van der Waals surface area contributed by atoms with E-state index in [0.717, 1.165) is 17.3 Å². The van der Waals surface area contributed by atoms with Gasteiger partial charge in [-0.15, -0.1) is 0 Å². The van der Waals surface area contributed by atoms with Crippen LogP contribution < -0.4 is 0 Å². The van der Waals surface area contributed by atoms with Gasteiger partial charge < -0.3 is 0 Å². The second-order valence-corrected chi connectivity index (χ2v) is 6.88. The third kappa shape index (κ3) is 3.25. The zero-order valence-corrected chi connectivity index (χ0v) is 12.4. The topological polar surface area (TPSA) is 25.8 Å². The van der Waals surface area contributed by atoms with Crippen LogP contribution in [0.1, 0.15) is 57.8 Å². The van der Waals surface area contributed by atoms with Gasteiger partial charge in [-0.1, -0.05) is 50.5 Å². The van der Waals surface area contributed by atoms with Gasteiger partial charge in [0.2, 0.25) is 0 Å². The molecule has 0 spiro atoms. The lowest BCUT2D eigenvalue weighted by Crippen LogP contribution is -2.14. The molecule has 2 unspecified atom stereocenters. The molecule has 0 saturated heterocycles. The molecule has 15 heavy (non-hydrogen) atoms. The molecule has 1 heterocycles. The van der Waals surface area contributed by atoms with Crippen LogP contribution in [-0.2, 0) is 5.41 Å². The van der Waals surface area contributed by atoms with Crippen LogP contribution in [0.3, 0.4) is 0 Å². The highest BCUT2D eigenvalue weighted by Gasteiger charge is 2.23. The highest BCUT2D eigenvalue weighted by atomic mass is 79.9. The van der Waals surface area contributed by atoms with Gasteiger partial charge in [-0.3, -0.25) is 0 Å². The Balaban J connectivity index is 2.85. The monoisotopic (exact) mass is 290 g/mol. The Morgan fingerprint density at radius 2 is 2.00 bits per heavy atom. The summed E-state index contributed by atoms with van der Waals surface area (Å²) in [7, 11) is 0. The van der Waals surface area contributed by atoms with Crippen LogP contribution in [0.5, 0.6) is 0 Å². The van der Waals surface area contributed by atoms with Crippen molar-refractivity contribution in [1.82, 2.24) is 9.36 Å². The third-order valence-electron chi connectivity index (χ3n) is 2.43. The van der Waals surface area contributed by atoms with Crippen LogP contribution in [0.15, 0.2) is 0 Å². The molecule has 1 aromatic rings. The third-order valence-corrected chi connectivity index (χ3v) is 4.79. The van der Waals surface area contributed by atoms with Crippen LogP contribution in [0.2, 0.25) is 0 Å². The summed E-state index contributed by atoms with van der Waals surface area (Å²) in [6.07, 6.45) is 1.12. The van der Waals surface area contributed by atoms with Crippen molar-refractivity contribution in [3.63, 3.8) is 0 Å². The summed E-state index contributed by atoms with van der Waals surface area (Å²) in [6.45, 7) is 10.8. The van der Waals surface area contributed by atoms with E-state index < -0.39 is 0 Å². The van der Waals surface area contributed by atoms with E-state index in [1.807, 2.05) is 0 Å². The van der Waals surface area contributed by atoms with Crippen LogP contribution in [0.4, 0.5) is 0 Å². The predicted molar refractivity (Wildman–Crippen MR) is 70.0 cm³/mol. The standard InChI is InChI=1S/C11H19BrN2S/c1-6-8(12)7(2)9-13-10(14-15-9)11(3,4)5/h7-8H,6H2,1-5H3. The number of hydrogen-bond donors (Lipinski definition) is 0. The van der Waals surface area contributed by atoms with Crippen molar-refractivity contribution < 1.29 is 0 Å². The molecule has 0 aromatic carbocycles. The second kappa shape index (κ2) is 4.91. The first-order valence-corrected chi connectivity index (χ1v) is 7.03. The van der Waals surface area contributed by atoms with E-state index in [1.165, 1.54) is 11.5 Å². The van der Waals surface area contributed by atoms with Crippen LogP contribution >= 0.6 is 27.5 Å². The number of hydrogen-bond acceptors (Lipinski definition) is 3. The van der Waals surface area contributed by atoms with Crippen LogP contribution in [0.25, 0.3) is 0 Å². The van der Waals surface area contributed by atoms with Crippen LogP contribution in [-0.4, -0.2) is 14.2 Å². The maximum absolute atomic E-state index is 4.63. The first kappa shape index (κ1) is 13.1. The van der Waals surface area contributed by atoms with Crippen molar-refractivity contribution in [2.75, 3.05) is 0 Å². The molecule has 4 heteroatoms. The van der Waals surface area contributed by atoms with Crippen LogP contribution in [0, 0.1) is 0 Å². The molecule has 0 saturated carbocycles. The van der Waals surface area contributed by atoms with Crippen molar-refractivity contribution >= 4 is 27.5 Å². The lowest BCUT2D eigenvalue weighted by atomic mass is 9.96. The summed E-state index contributed by atoms with van der Waals surface area (Å²) in [5, 5.41) is 1.14. The van der Waals surface area contributed by atoms with Gasteiger partial charge in [0, 0.05) is 16.2 Å². The molecule has 1 aromatic heterocycles. The van der Waals surface area contributed by atoms with Crippen molar-refractivity contribution in [2.45, 2.75) is 57.2 Å². The van der Waals surface area contributed by atoms with E-state index in [0.29, 0.717) is 10.7 Å². The normalized spacial score (nSPS) is 16.4. The number of nitrogens with zero attached hydrogens (tertiary/aromatic N) is 2. The molecule has 2 atom stereocenters. The second-order valence-electron chi connectivity index (χ2n) is 4.92. The van der Waals surface area contributed by atoms with Gasteiger partial charge in [-0.25, -0.2) is 4.98 Å². The molecule has 86 valence electrons. The first-order valence-electron chi connectivity index (χ1n) is 5.34. The number of aromatic nitrogens is 2. The Bertz CT molecular complexity index is 317. The Labute approximate surface area is 105 Å². The highest BCUT2D eigenvalue weighted by Crippen LogP contribution is 2.30. The molecule has 0 amide bonds. The van der Waals surface area contributed by atoms with E-state index in [-0.39, 0.29) is 5.41 Å². The first-order chi connectivity index (χ1) is 6.86. The molecule has 0 aliphatic carbocycles. The van der Waals surface area contributed by atoms with E-state index in [1.54, 1.807) is 0 Å². The van der Waals surface area contributed by atoms with Gasteiger partial charge in [0.05, 0.1) is 0 Å². The SMILES string of the molecule is CCC(Br)C(C)c1nc(C(C)(C)C)ns1. The zero-order chi connectivity index (χ0) is 11.6. The molecule has 0 N–H and O–H groups in total. The maximum Gasteiger partial charge on any atom is 0.147 e. The largest absolute Gasteiger partial charge is 0.224 e. The zero-order valence-electron chi connectivity index (χ0n) is 10.0. The van der Waals surface area contributed by atoms with Crippen molar-refractivity contribution in [1.29, 1.82) is 0 Å². The highest BCUT2D eigenvalue weighted by molar-refractivity contribution is 9.09. The minimum absolute atomic E-state index is 0.0580. The Morgan fingerprint density at radius 3 is 2.40 bits per heavy atom. The summed E-state index contributed by atoms with van der Waals surface area (Å²) in [5.41, 5.74) is 0.0580. The Kier molecular flexibility index (Phi) is 4.29. The quantitative estimate of drug-likeness (QED) is 0.783. The molecular formula is C11H19BrN2S. The summed E-state index contributed by atoms with van der Waals surface area (Å²) >= 11 is 5.21. The summed E-state index contributed by atoms with van der Waals surface area (Å²) in [5.74, 6) is 1.41. The van der Waals surface area contributed by atoms with Gasteiger partial charge in [0.15, 0.2) is 0 Å². The minimum atomic E-state index is 0.0580. The van der Waals surface area contributed by atoms with E-state index in [4.69, 9.17) is 0 Å². The summed E-state index contributed by atoms with van der Waals surface area (Å²) in [4.78, 5) is 5.13. The molecule has 2 nitrogen and oxygen atoms in total. The smallest absolute Gasteiger partial charge is 0.147 e. The fourth-order valence-corrected chi connectivity index (χ4v) is 2.61. The Hall–Kier alpha value is 0.0400. The van der Waals surface area contributed by atoms with Crippen molar-refractivity contribution in [3.05, 3.63) is 10.8 Å². The molecule has 0 aliphatic heterocycles. The van der Waals surface area contributed by atoms with Gasteiger partial charge in [0.1, 0.15) is 10.8 Å². The molecule has 0 radical (unpaired) electrons. The van der Waals surface area contributed by atoms with Crippen molar-refractivity contribution in [2.24, 2.45) is 0 Å². The van der Waals surface area contributed by atoms with Gasteiger partial charge in [-0.2, -0.15) is 4.37 Å². The molecule has 0 aliphatic rings. The van der Waals surface area contributed by atoms with E-state index >= 15 is 0 Å². The van der Waals surface area contributed by atoms with E-state index in [9.17, 15) is 0 Å². The molecule has 1 rings (SSSR count).